The lowest BCUT2D eigenvalue weighted by atomic mass is 10.1. The number of hydrogen-bond donors (Lipinski definition) is 1. The molecule has 0 aliphatic carbocycles. The highest BCUT2D eigenvalue weighted by Gasteiger charge is 2.33. The number of aliphatic hydroxyl groups excluding tert-OH is 1. The highest BCUT2D eigenvalue weighted by molar-refractivity contribution is 6.30. The first-order valence-corrected chi connectivity index (χ1v) is 7.13. The zero-order valence-electron chi connectivity index (χ0n) is 12.2. The third-order valence-electron chi connectivity index (χ3n) is 2.96. The van der Waals surface area contributed by atoms with Gasteiger partial charge in [0.25, 0.3) is 5.91 Å². The van der Waals surface area contributed by atoms with Crippen LogP contribution in [0.25, 0.3) is 0 Å². The zero-order valence-corrected chi connectivity index (χ0v) is 13.0. The van der Waals surface area contributed by atoms with Crippen molar-refractivity contribution >= 4 is 17.5 Å². The van der Waals surface area contributed by atoms with Gasteiger partial charge in [0, 0.05) is 24.7 Å². The van der Waals surface area contributed by atoms with E-state index in [-0.39, 0.29) is 12.5 Å². The Morgan fingerprint density at radius 3 is 2.45 bits per heavy atom. The number of carbonyl (C=O) groups excluding carboxylic acids is 1. The largest absolute Gasteiger partial charge is 0.478 e. The molecule has 0 fully saturated rings. The first-order valence-electron chi connectivity index (χ1n) is 6.75. The Bertz CT molecular complexity index is 431. The molecule has 0 unspecified atom stereocenters. The lowest BCUT2D eigenvalue weighted by molar-refractivity contribution is -0.145. The van der Waals surface area contributed by atoms with Gasteiger partial charge in [-0.3, -0.25) is 4.79 Å². The predicted molar refractivity (Wildman–Crippen MR) is 80.1 cm³/mol. The SMILES string of the molecule is CCN(CCCO)C(=O)C(C)(C)Oc1ccc(Cl)cc1. The van der Waals surface area contributed by atoms with Crippen LogP contribution in [0.1, 0.15) is 27.2 Å². The summed E-state index contributed by atoms with van der Waals surface area (Å²) in [6.07, 6.45) is 0.566. The topological polar surface area (TPSA) is 49.8 Å². The number of benzene rings is 1. The molecule has 0 saturated carbocycles. The predicted octanol–water partition coefficient (Wildman–Crippen LogP) is 2.73. The first-order chi connectivity index (χ1) is 9.40. The van der Waals surface area contributed by atoms with Crippen molar-refractivity contribution in [2.24, 2.45) is 0 Å². The number of halogens is 1. The summed E-state index contributed by atoms with van der Waals surface area (Å²) < 4.78 is 5.77. The molecule has 5 heteroatoms. The Hall–Kier alpha value is -1.26. The molecule has 1 rings (SSSR count). The van der Waals surface area contributed by atoms with Crippen LogP contribution in [0, 0.1) is 0 Å². The minimum absolute atomic E-state index is 0.0717. The van der Waals surface area contributed by atoms with Gasteiger partial charge >= 0.3 is 0 Å². The van der Waals surface area contributed by atoms with Gasteiger partial charge in [-0.15, -0.1) is 0 Å². The first kappa shape index (κ1) is 16.8. The number of rotatable bonds is 7. The normalized spacial score (nSPS) is 11.2. The van der Waals surface area contributed by atoms with E-state index in [1.807, 2.05) is 6.92 Å². The molecule has 20 heavy (non-hydrogen) atoms. The van der Waals surface area contributed by atoms with Crippen LogP contribution < -0.4 is 4.74 Å². The van der Waals surface area contributed by atoms with E-state index in [0.29, 0.717) is 30.3 Å². The lowest BCUT2D eigenvalue weighted by Gasteiger charge is -2.31. The van der Waals surface area contributed by atoms with E-state index in [9.17, 15) is 4.79 Å². The molecule has 1 aromatic rings. The van der Waals surface area contributed by atoms with Crippen molar-refractivity contribution in [2.75, 3.05) is 19.7 Å². The van der Waals surface area contributed by atoms with Crippen LogP contribution in [-0.2, 0) is 4.79 Å². The standard InChI is InChI=1S/C15H22ClNO3/c1-4-17(10-5-11-18)14(19)15(2,3)20-13-8-6-12(16)7-9-13/h6-9,18H,4-5,10-11H2,1-3H3. The Morgan fingerprint density at radius 2 is 1.95 bits per heavy atom. The average Bonchev–Trinajstić information content (AvgIpc) is 2.42. The summed E-state index contributed by atoms with van der Waals surface area (Å²) in [5.41, 5.74) is -0.959. The molecule has 0 saturated heterocycles. The number of amides is 1. The highest BCUT2D eigenvalue weighted by atomic mass is 35.5. The maximum atomic E-state index is 12.5. The average molecular weight is 300 g/mol. The van der Waals surface area contributed by atoms with Gasteiger partial charge in [-0.25, -0.2) is 0 Å². The van der Waals surface area contributed by atoms with Crippen LogP contribution in [0.15, 0.2) is 24.3 Å². The number of carbonyl (C=O) groups is 1. The van der Waals surface area contributed by atoms with Gasteiger partial charge in [-0.2, -0.15) is 0 Å². The summed E-state index contributed by atoms with van der Waals surface area (Å²) in [6.45, 7) is 6.58. The van der Waals surface area contributed by atoms with E-state index >= 15 is 0 Å². The number of hydrogen-bond acceptors (Lipinski definition) is 3. The smallest absolute Gasteiger partial charge is 0.266 e. The Kier molecular flexibility index (Phi) is 6.30. The molecule has 0 atom stereocenters. The van der Waals surface area contributed by atoms with E-state index in [1.54, 1.807) is 43.0 Å². The molecule has 112 valence electrons. The van der Waals surface area contributed by atoms with Crippen molar-refractivity contribution in [3.63, 3.8) is 0 Å². The van der Waals surface area contributed by atoms with Gasteiger partial charge in [-0.05, 0) is 51.5 Å². The fourth-order valence-corrected chi connectivity index (χ4v) is 2.01. The third kappa shape index (κ3) is 4.69. The van der Waals surface area contributed by atoms with Gasteiger partial charge in [0.1, 0.15) is 5.75 Å². The fraction of sp³-hybridized carbons (Fsp3) is 0.533. The van der Waals surface area contributed by atoms with E-state index < -0.39 is 5.60 Å². The summed E-state index contributed by atoms with van der Waals surface area (Å²) in [7, 11) is 0. The minimum Gasteiger partial charge on any atom is -0.478 e. The van der Waals surface area contributed by atoms with Crippen molar-refractivity contribution in [2.45, 2.75) is 32.8 Å². The van der Waals surface area contributed by atoms with Crippen molar-refractivity contribution in [3.05, 3.63) is 29.3 Å². The molecule has 0 aliphatic heterocycles. The van der Waals surface area contributed by atoms with Gasteiger partial charge < -0.3 is 14.7 Å². The quantitative estimate of drug-likeness (QED) is 0.842. The van der Waals surface area contributed by atoms with Crippen molar-refractivity contribution < 1.29 is 14.6 Å². The number of likely N-dealkylation sites (N-methyl/N-ethyl adjacent to an activating group) is 1. The molecular weight excluding hydrogens is 278 g/mol. The second-order valence-electron chi connectivity index (χ2n) is 5.03. The molecular formula is C15H22ClNO3. The van der Waals surface area contributed by atoms with Gasteiger partial charge in [0.15, 0.2) is 5.60 Å². The third-order valence-corrected chi connectivity index (χ3v) is 3.21. The maximum absolute atomic E-state index is 12.5. The van der Waals surface area contributed by atoms with E-state index in [4.69, 9.17) is 21.4 Å². The summed E-state index contributed by atoms with van der Waals surface area (Å²) in [5.74, 6) is 0.509. The fourth-order valence-electron chi connectivity index (χ4n) is 1.89. The summed E-state index contributed by atoms with van der Waals surface area (Å²) in [5, 5.41) is 9.50. The molecule has 4 nitrogen and oxygen atoms in total. The second-order valence-corrected chi connectivity index (χ2v) is 5.46. The number of nitrogens with zero attached hydrogens (tertiary/aromatic N) is 1. The highest BCUT2D eigenvalue weighted by Crippen LogP contribution is 2.22. The summed E-state index contributed by atoms with van der Waals surface area (Å²) in [4.78, 5) is 14.2. The molecule has 0 spiro atoms. The number of aliphatic hydroxyl groups is 1. The van der Waals surface area contributed by atoms with Gasteiger partial charge in [-0.1, -0.05) is 11.6 Å². The minimum atomic E-state index is -0.959. The second kappa shape index (κ2) is 7.50. The van der Waals surface area contributed by atoms with Crippen molar-refractivity contribution in [1.82, 2.24) is 4.90 Å². The van der Waals surface area contributed by atoms with Gasteiger partial charge in [0.05, 0.1) is 0 Å². The van der Waals surface area contributed by atoms with Crippen LogP contribution in [0.5, 0.6) is 5.75 Å². The van der Waals surface area contributed by atoms with Gasteiger partial charge in [0.2, 0.25) is 0 Å². The van der Waals surface area contributed by atoms with Crippen LogP contribution in [-0.4, -0.2) is 41.2 Å². The summed E-state index contributed by atoms with van der Waals surface area (Å²) in [6, 6.07) is 6.92. The summed E-state index contributed by atoms with van der Waals surface area (Å²) >= 11 is 5.82. The molecule has 0 heterocycles. The van der Waals surface area contributed by atoms with Crippen LogP contribution in [0.3, 0.4) is 0 Å². The molecule has 1 aromatic carbocycles. The maximum Gasteiger partial charge on any atom is 0.266 e. The lowest BCUT2D eigenvalue weighted by Crippen LogP contribution is -2.49. The van der Waals surface area contributed by atoms with E-state index in [0.717, 1.165) is 0 Å². The molecule has 0 aromatic heterocycles. The molecule has 0 bridgehead atoms. The molecule has 1 amide bonds. The van der Waals surface area contributed by atoms with Crippen molar-refractivity contribution in [1.29, 1.82) is 0 Å². The zero-order chi connectivity index (χ0) is 15.2. The molecule has 1 N–H and O–H groups in total. The van der Waals surface area contributed by atoms with Crippen LogP contribution in [0.4, 0.5) is 0 Å². The molecule has 0 radical (unpaired) electrons. The Balaban J connectivity index is 2.75. The van der Waals surface area contributed by atoms with Crippen molar-refractivity contribution in [3.8, 4) is 5.75 Å². The molecule has 0 aliphatic rings. The Labute approximate surface area is 125 Å². The van der Waals surface area contributed by atoms with E-state index in [2.05, 4.69) is 0 Å². The number of ether oxygens (including phenoxy) is 1. The monoisotopic (exact) mass is 299 g/mol. The van der Waals surface area contributed by atoms with Crippen LogP contribution >= 0.6 is 11.6 Å². The van der Waals surface area contributed by atoms with Crippen LogP contribution in [0.2, 0.25) is 5.02 Å². The van der Waals surface area contributed by atoms with E-state index in [1.165, 1.54) is 0 Å². The Morgan fingerprint density at radius 1 is 1.35 bits per heavy atom.